The predicted molar refractivity (Wildman–Crippen MR) is 80.2 cm³/mol. The minimum Gasteiger partial charge on any atom is -0.484 e. The Morgan fingerprint density at radius 1 is 1.53 bits per heavy atom. The molecule has 0 bridgehead atoms. The van der Waals surface area contributed by atoms with E-state index in [1.165, 1.54) is 0 Å². The smallest absolute Gasteiger partial charge is 0.258 e. The van der Waals surface area contributed by atoms with Crippen molar-refractivity contribution in [2.45, 2.75) is 13.5 Å². The lowest BCUT2D eigenvalue weighted by atomic mass is 10.2. The lowest BCUT2D eigenvalue weighted by Gasteiger charge is -2.10. The summed E-state index contributed by atoms with van der Waals surface area (Å²) in [6.45, 7) is 7.71. The number of rotatable bonds is 8. The number of carbonyl (C=O) groups excluding carboxylic acids is 1. The summed E-state index contributed by atoms with van der Waals surface area (Å²) in [6.07, 6.45) is 1.63. The molecule has 1 rings (SSSR count). The fraction of sp³-hybridized carbons (Fsp3) is 0.357. The van der Waals surface area contributed by atoms with E-state index in [4.69, 9.17) is 4.74 Å². The summed E-state index contributed by atoms with van der Waals surface area (Å²) in [5.41, 5.74) is 1.10. The van der Waals surface area contributed by atoms with Gasteiger partial charge in [-0.3, -0.25) is 4.79 Å². The highest BCUT2D eigenvalue weighted by Gasteiger charge is 2.04. The summed E-state index contributed by atoms with van der Waals surface area (Å²) in [6, 6.07) is 5.68. The molecule has 0 aliphatic rings. The first-order valence-electron chi connectivity index (χ1n) is 6.17. The monoisotopic (exact) mass is 326 g/mol. The molecule has 0 aromatic heterocycles. The van der Waals surface area contributed by atoms with Crippen LogP contribution in [-0.4, -0.2) is 25.6 Å². The molecule has 1 aromatic carbocycles. The number of hydrogen-bond donors (Lipinski definition) is 2. The van der Waals surface area contributed by atoms with Crippen LogP contribution in [0.15, 0.2) is 35.3 Å². The molecule has 4 nitrogen and oxygen atoms in total. The fourth-order valence-electron chi connectivity index (χ4n) is 1.42. The van der Waals surface area contributed by atoms with E-state index in [1.807, 2.05) is 18.2 Å². The average Bonchev–Trinajstić information content (AvgIpc) is 2.42. The van der Waals surface area contributed by atoms with Gasteiger partial charge in [0.15, 0.2) is 6.61 Å². The number of ether oxygens (including phenoxy) is 1. The Morgan fingerprint density at radius 2 is 2.32 bits per heavy atom. The van der Waals surface area contributed by atoms with Crippen LogP contribution in [0.5, 0.6) is 5.75 Å². The van der Waals surface area contributed by atoms with Gasteiger partial charge in [0.25, 0.3) is 5.91 Å². The van der Waals surface area contributed by atoms with E-state index in [1.54, 1.807) is 6.08 Å². The molecule has 0 unspecified atom stereocenters. The van der Waals surface area contributed by atoms with Crippen molar-refractivity contribution in [1.29, 1.82) is 0 Å². The van der Waals surface area contributed by atoms with Crippen molar-refractivity contribution in [1.82, 2.24) is 10.6 Å². The Bertz CT molecular complexity index is 435. The van der Waals surface area contributed by atoms with Gasteiger partial charge in [-0.2, -0.15) is 0 Å². The highest BCUT2D eigenvalue weighted by Crippen LogP contribution is 2.22. The number of hydrogen-bond acceptors (Lipinski definition) is 3. The molecule has 0 saturated heterocycles. The number of amides is 1. The molecule has 0 radical (unpaired) electrons. The molecule has 0 saturated carbocycles. The molecule has 0 atom stereocenters. The second kappa shape index (κ2) is 8.72. The first-order chi connectivity index (χ1) is 9.17. The summed E-state index contributed by atoms with van der Waals surface area (Å²) in [7, 11) is 0. The van der Waals surface area contributed by atoms with Crippen molar-refractivity contribution in [3.05, 3.63) is 40.9 Å². The molecule has 19 heavy (non-hydrogen) atoms. The quantitative estimate of drug-likeness (QED) is 0.720. The van der Waals surface area contributed by atoms with E-state index < -0.39 is 0 Å². The summed E-state index contributed by atoms with van der Waals surface area (Å²) in [5.74, 6) is 0.529. The molecule has 1 amide bonds. The molecule has 0 fully saturated rings. The van der Waals surface area contributed by atoms with Crippen LogP contribution in [0.25, 0.3) is 0 Å². The summed E-state index contributed by atoms with van der Waals surface area (Å²) < 4.78 is 6.47. The first kappa shape index (κ1) is 15.7. The number of carbonyl (C=O) groups is 1. The van der Waals surface area contributed by atoms with Crippen LogP contribution in [0.3, 0.4) is 0 Å². The zero-order valence-electron chi connectivity index (χ0n) is 11.0. The van der Waals surface area contributed by atoms with E-state index in [2.05, 4.69) is 40.1 Å². The van der Waals surface area contributed by atoms with Gasteiger partial charge in [0, 0.05) is 17.6 Å². The molecule has 1 aromatic rings. The Labute approximate surface area is 122 Å². The zero-order valence-corrected chi connectivity index (χ0v) is 12.6. The summed E-state index contributed by atoms with van der Waals surface area (Å²) in [4.78, 5) is 11.4. The van der Waals surface area contributed by atoms with Crippen LogP contribution in [0, 0.1) is 0 Å². The highest BCUT2D eigenvalue weighted by molar-refractivity contribution is 9.10. The number of nitrogens with one attached hydrogen (secondary N) is 2. The van der Waals surface area contributed by atoms with Crippen molar-refractivity contribution in [3.63, 3.8) is 0 Å². The first-order valence-corrected chi connectivity index (χ1v) is 6.96. The van der Waals surface area contributed by atoms with Gasteiger partial charge in [0.2, 0.25) is 0 Å². The maximum absolute atomic E-state index is 11.4. The van der Waals surface area contributed by atoms with Crippen molar-refractivity contribution >= 4 is 21.8 Å². The van der Waals surface area contributed by atoms with Gasteiger partial charge in [0.1, 0.15) is 5.75 Å². The molecule has 0 spiro atoms. The third-order valence-corrected chi connectivity index (χ3v) is 3.17. The molecule has 5 heteroatoms. The van der Waals surface area contributed by atoms with Crippen molar-refractivity contribution in [3.8, 4) is 5.75 Å². The third-order valence-electron chi connectivity index (χ3n) is 2.40. The second-order valence-corrected chi connectivity index (χ2v) is 4.77. The Kier molecular flexibility index (Phi) is 7.22. The molecule has 104 valence electrons. The van der Waals surface area contributed by atoms with E-state index in [0.29, 0.717) is 12.3 Å². The van der Waals surface area contributed by atoms with Crippen LogP contribution in [-0.2, 0) is 11.3 Å². The summed E-state index contributed by atoms with van der Waals surface area (Å²) in [5, 5.41) is 5.91. The van der Waals surface area contributed by atoms with Crippen molar-refractivity contribution < 1.29 is 9.53 Å². The van der Waals surface area contributed by atoms with E-state index in [-0.39, 0.29) is 12.5 Å². The molecule has 2 N–H and O–H groups in total. The van der Waals surface area contributed by atoms with Crippen LogP contribution in [0.2, 0.25) is 0 Å². The minimum atomic E-state index is -0.156. The Balaban J connectivity index is 2.54. The largest absolute Gasteiger partial charge is 0.484 e. The Hall–Kier alpha value is -1.33. The van der Waals surface area contributed by atoms with E-state index in [0.717, 1.165) is 23.1 Å². The standard InChI is InChI=1S/C14H19BrN2O2/c1-3-7-17-14(18)10-19-12-5-6-13(15)11(8-12)9-16-4-2/h3,5-6,8,16H,1,4,7,9-10H2,2H3,(H,17,18). The van der Waals surface area contributed by atoms with E-state index in [9.17, 15) is 4.79 Å². The van der Waals surface area contributed by atoms with Gasteiger partial charge < -0.3 is 15.4 Å². The maximum Gasteiger partial charge on any atom is 0.258 e. The van der Waals surface area contributed by atoms with E-state index >= 15 is 0 Å². The van der Waals surface area contributed by atoms with Crippen molar-refractivity contribution in [2.24, 2.45) is 0 Å². The lowest BCUT2D eigenvalue weighted by molar-refractivity contribution is -0.122. The average molecular weight is 327 g/mol. The van der Waals surface area contributed by atoms with Crippen LogP contribution in [0.4, 0.5) is 0 Å². The molecular weight excluding hydrogens is 308 g/mol. The predicted octanol–water partition coefficient (Wildman–Crippen LogP) is 2.24. The Morgan fingerprint density at radius 3 is 3.00 bits per heavy atom. The minimum absolute atomic E-state index is 0.0100. The van der Waals surface area contributed by atoms with Gasteiger partial charge in [-0.25, -0.2) is 0 Å². The number of benzene rings is 1. The normalized spacial score (nSPS) is 10.0. The zero-order chi connectivity index (χ0) is 14.1. The van der Waals surface area contributed by atoms with Gasteiger partial charge in [-0.1, -0.05) is 28.9 Å². The fourth-order valence-corrected chi connectivity index (χ4v) is 1.81. The topological polar surface area (TPSA) is 50.4 Å². The maximum atomic E-state index is 11.4. The van der Waals surface area contributed by atoms with Gasteiger partial charge in [-0.15, -0.1) is 6.58 Å². The van der Waals surface area contributed by atoms with Crippen LogP contribution >= 0.6 is 15.9 Å². The SMILES string of the molecule is C=CCNC(=O)COc1ccc(Br)c(CNCC)c1. The second-order valence-electron chi connectivity index (χ2n) is 3.91. The molecular formula is C14H19BrN2O2. The van der Waals surface area contributed by atoms with Crippen molar-refractivity contribution in [2.75, 3.05) is 19.7 Å². The molecule has 0 aliphatic carbocycles. The van der Waals surface area contributed by atoms with Crippen LogP contribution in [0.1, 0.15) is 12.5 Å². The summed E-state index contributed by atoms with van der Waals surface area (Å²) >= 11 is 3.49. The van der Waals surface area contributed by atoms with Gasteiger partial charge in [-0.05, 0) is 30.3 Å². The van der Waals surface area contributed by atoms with Crippen LogP contribution < -0.4 is 15.4 Å². The lowest BCUT2D eigenvalue weighted by Crippen LogP contribution is -2.28. The molecule has 0 heterocycles. The molecule has 0 aliphatic heterocycles. The highest BCUT2D eigenvalue weighted by atomic mass is 79.9. The third kappa shape index (κ3) is 5.89. The van der Waals surface area contributed by atoms with Gasteiger partial charge >= 0.3 is 0 Å². The number of halogens is 1. The van der Waals surface area contributed by atoms with Gasteiger partial charge in [0.05, 0.1) is 0 Å².